The van der Waals surface area contributed by atoms with Gasteiger partial charge in [0.15, 0.2) is 0 Å². The van der Waals surface area contributed by atoms with Crippen molar-refractivity contribution in [1.82, 2.24) is 4.31 Å². The molecule has 0 fully saturated rings. The summed E-state index contributed by atoms with van der Waals surface area (Å²) in [6, 6.07) is 5.70. The predicted molar refractivity (Wildman–Crippen MR) is 66.7 cm³/mol. The van der Waals surface area contributed by atoms with Gasteiger partial charge >= 0.3 is 5.97 Å². The topological polar surface area (TPSA) is 89.7 Å². The van der Waals surface area contributed by atoms with Crippen LogP contribution in [0.3, 0.4) is 0 Å². The van der Waals surface area contributed by atoms with Crippen molar-refractivity contribution < 1.29 is 17.9 Å². The van der Waals surface area contributed by atoms with E-state index in [-0.39, 0.29) is 23.5 Å². The number of hydrogen-bond donors (Lipinski definition) is 1. The lowest BCUT2D eigenvalue weighted by atomic mass is 10.2. The van der Waals surface area contributed by atoms with E-state index in [1.165, 1.54) is 38.4 Å². The maximum absolute atomic E-state index is 12.1. The average molecular weight is 272 g/mol. The normalized spacial score (nSPS) is 11.6. The zero-order valence-corrected chi connectivity index (χ0v) is 11.1. The van der Waals surface area contributed by atoms with Gasteiger partial charge in [-0.2, -0.15) is 4.31 Å². The maximum Gasteiger partial charge on any atom is 0.337 e. The van der Waals surface area contributed by atoms with Crippen molar-refractivity contribution in [1.29, 1.82) is 0 Å². The van der Waals surface area contributed by atoms with E-state index in [1.54, 1.807) is 0 Å². The number of sulfonamides is 1. The fraction of sp³-hybridized carbons (Fsp3) is 0.364. The molecule has 0 radical (unpaired) electrons. The van der Waals surface area contributed by atoms with Crippen LogP contribution in [-0.2, 0) is 14.8 Å². The van der Waals surface area contributed by atoms with Gasteiger partial charge in [-0.15, -0.1) is 0 Å². The molecule has 0 saturated carbocycles. The summed E-state index contributed by atoms with van der Waals surface area (Å²) in [5, 5.41) is 0. The van der Waals surface area contributed by atoms with Crippen LogP contribution in [0.15, 0.2) is 29.2 Å². The third kappa shape index (κ3) is 3.06. The SMILES string of the molecule is COC(=O)c1cccc(S(=O)(=O)N(C)CCN)c1. The largest absolute Gasteiger partial charge is 0.465 e. The Hall–Kier alpha value is -1.44. The molecule has 1 aromatic carbocycles. The molecule has 100 valence electrons. The van der Waals surface area contributed by atoms with Crippen molar-refractivity contribution in [2.75, 3.05) is 27.2 Å². The highest BCUT2D eigenvalue weighted by atomic mass is 32.2. The standard InChI is InChI=1S/C11H16N2O4S/c1-13(7-6-12)18(15,16)10-5-3-4-9(8-10)11(14)17-2/h3-5,8H,6-7,12H2,1-2H3. The first-order chi connectivity index (χ1) is 8.43. The molecule has 7 heteroatoms. The Bertz CT molecular complexity index is 528. The van der Waals surface area contributed by atoms with Crippen molar-refractivity contribution in [3.05, 3.63) is 29.8 Å². The van der Waals surface area contributed by atoms with E-state index in [9.17, 15) is 13.2 Å². The van der Waals surface area contributed by atoms with Gasteiger partial charge in [0, 0.05) is 20.1 Å². The van der Waals surface area contributed by atoms with Gasteiger partial charge in [-0.25, -0.2) is 13.2 Å². The van der Waals surface area contributed by atoms with Gasteiger partial charge in [0.05, 0.1) is 17.6 Å². The number of benzene rings is 1. The van der Waals surface area contributed by atoms with Crippen LogP contribution in [-0.4, -0.2) is 45.9 Å². The summed E-state index contributed by atoms with van der Waals surface area (Å²) >= 11 is 0. The van der Waals surface area contributed by atoms with Crippen LogP contribution in [0.25, 0.3) is 0 Å². The highest BCUT2D eigenvalue weighted by molar-refractivity contribution is 7.89. The number of methoxy groups -OCH3 is 1. The number of carbonyl (C=O) groups excluding carboxylic acids is 1. The number of nitrogens with zero attached hydrogens (tertiary/aromatic N) is 1. The molecule has 2 N–H and O–H groups in total. The molecule has 0 aromatic heterocycles. The molecule has 1 aromatic rings. The van der Waals surface area contributed by atoms with Crippen molar-refractivity contribution in [2.45, 2.75) is 4.90 Å². The first-order valence-electron chi connectivity index (χ1n) is 5.28. The van der Waals surface area contributed by atoms with Gasteiger partial charge in [0.25, 0.3) is 0 Å². The Morgan fingerprint density at radius 1 is 1.44 bits per heavy atom. The fourth-order valence-corrected chi connectivity index (χ4v) is 2.62. The molecule has 0 bridgehead atoms. The van der Waals surface area contributed by atoms with Crippen LogP contribution < -0.4 is 5.73 Å². The summed E-state index contributed by atoms with van der Waals surface area (Å²) in [5.74, 6) is -0.575. The van der Waals surface area contributed by atoms with Crippen LogP contribution in [0.2, 0.25) is 0 Å². The molecule has 0 heterocycles. The molecule has 6 nitrogen and oxygen atoms in total. The molecule has 0 aliphatic carbocycles. The molecular weight excluding hydrogens is 256 g/mol. The summed E-state index contributed by atoms with van der Waals surface area (Å²) in [4.78, 5) is 11.4. The van der Waals surface area contributed by atoms with Crippen LogP contribution in [0, 0.1) is 0 Å². The molecule has 18 heavy (non-hydrogen) atoms. The van der Waals surface area contributed by atoms with Gasteiger partial charge < -0.3 is 10.5 Å². The van der Waals surface area contributed by atoms with E-state index in [2.05, 4.69) is 4.74 Å². The van der Waals surface area contributed by atoms with Gasteiger partial charge in [0.2, 0.25) is 10.0 Å². The lowest BCUT2D eigenvalue weighted by molar-refractivity contribution is 0.0600. The second-order valence-corrected chi connectivity index (χ2v) is 5.68. The monoisotopic (exact) mass is 272 g/mol. The summed E-state index contributed by atoms with van der Waals surface area (Å²) in [5.41, 5.74) is 5.52. The Kier molecular flexibility index (Phi) is 4.83. The van der Waals surface area contributed by atoms with E-state index in [4.69, 9.17) is 5.73 Å². The predicted octanol–water partition coefficient (Wildman–Crippen LogP) is 0.0524. The number of likely N-dealkylation sites (N-methyl/N-ethyl adjacent to an activating group) is 1. The Balaban J connectivity index is 3.14. The molecule has 1 rings (SSSR count). The first-order valence-corrected chi connectivity index (χ1v) is 6.72. The third-order valence-corrected chi connectivity index (χ3v) is 4.26. The van der Waals surface area contributed by atoms with Gasteiger partial charge in [-0.1, -0.05) is 6.07 Å². The number of esters is 1. The number of carbonyl (C=O) groups is 1. The van der Waals surface area contributed by atoms with Gasteiger partial charge in [-0.05, 0) is 18.2 Å². The highest BCUT2D eigenvalue weighted by Crippen LogP contribution is 2.16. The van der Waals surface area contributed by atoms with E-state index in [1.807, 2.05) is 0 Å². The number of ether oxygens (including phenoxy) is 1. The lowest BCUT2D eigenvalue weighted by Gasteiger charge is -2.16. The molecule has 0 saturated heterocycles. The average Bonchev–Trinajstić information content (AvgIpc) is 2.38. The van der Waals surface area contributed by atoms with E-state index in [0.717, 1.165) is 4.31 Å². The van der Waals surface area contributed by atoms with Gasteiger partial charge in [-0.3, -0.25) is 0 Å². The van der Waals surface area contributed by atoms with Crippen LogP contribution in [0.4, 0.5) is 0 Å². The third-order valence-electron chi connectivity index (χ3n) is 2.41. The van der Waals surface area contributed by atoms with Crippen LogP contribution in [0.1, 0.15) is 10.4 Å². The smallest absolute Gasteiger partial charge is 0.337 e. The zero-order valence-electron chi connectivity index (χ0n) is 10.3. The minimum atomic E-state index is -3.62. The summed E-state index contributed by atoms with van der Waals surface area (Å²) in [6.07, 6.45) is 0. The summed E-state index contributed by atoms with van der Waals surface area (Å²) in [7, 11) is -0.942. The molecule has 0 aliphatic rings. The second kappa shape index (κ2) is 5.94. The second-order valence-electron chi connectivity index (χ2n) is 3.63. The minimum Gasteiger partial charge on any atom is -0.465 e. The molecule has 0 atom stereocenters. The Labute approximate surface area is 106 Å². The van der Waals surface area contributed by atoms with Crippen LogP contribution in [0.5, 0.6) is 0 Å². The highest BCUT2D eigenvalue weighted by Gasteiger charge is 2.21. The van der Waals surface area contributed by atoms with E-state index < -0.39 is 16.0 Å². The zero-order chi connectivity index (χ0) is 13.8. The van der Waals surface area contributed by atoms with Gasteiger partial charge in [0.1, 0.15) is 0 Å². The minimum absolute atomic E-state index is 0.0429. The number of rotatable bonds is 5. The van der Waals surface area contributed by atoms with Crippen molar-refractivity contribution >= 4 is 16.0 Å². The van der Waals surface area contributed by atoms with Crippen LogP contribution >= 0.6 is 0 Å². The quantitative estimate of drug-likeness (QED) is 0.765. The number of nitrogens with two attached hydrogens (primary N) is 1. The Morgan fingerprint density at radius 2 is 2.11 bits per heavy atom. The number of hydrogen-bond acceptors (Lipinski definition) is 5. The van der Waals surface area contributed by atoms with E-state index >= 15 is 0 Å². The van der Waals surface area contributed by atoms with Crippen molar-refractivity contribution in [3.63, 3.8) is 0 Å². The molecule has 0 unspecified atom stereocenters. The maximum atomic E-state index is 12.1. The molecular formula is C11H16N2O4S. The molecule has 0 amide bonds. The van der Waals surface area contributed by atoms with E-state index in [0.29, 0.717) is 0 Å². The lowest BCUT2D eigenvalue weighted by Crippen LogP contribution is -2.31. The summed E-state index contributed by atoms with van der Waals surface area (Å²) < 4.78 is 29.9. The first kappa shape index (κ1) is 14.6. The van der Waals surface area contributed by atoms with Crippen molar-refractivity contribution in [2.24, 2.45) is 5.73 Å². The summed E-state index contributed by atoms with van der Waals surface area (Å²) in [6.45, 7) is 0.442. The molecule has 0 aliphatic heterocycles. The fourth-order valence-electron chi connectivity index (χ4n) is 1.38. The molecule has 0 spiro atoms. The Morgan fingerprint density at radius 3 is 2.67 bits per heavy atom. The van der Waals surface area contributed by atoms with Crippen molar-refractivity contribution in [3.8, 4) is 0 Å².